The molecule has 1 aromatic heterocycles. The zero-order valence-electron chi connectivity index (χ0n) is 11.9. The van der Waals surface area contributed by atoms with Crippen LogP contribution in [0.4, 0.5) is 9.93 Å². The number of carbonyl (C=O) groups is 1. The van der Waals surface area contributed by atoms with Crippen molar-refractivity contribution < 1.29 is 19.0 Å². The predicted molar refractivity (Wildman–Crippen MR) is 82.6 cm³/mol. The molecule has 2 N–H and O–H groups in total. The Labute approximate surface area is 131 Å². The zero-order chi connectivity index (χ0) is 15.4. The number of rotatable bonds is 5. The van der Waals surface area contributed by atoms with Gasteiger partial charge in [0.2, 0.25) is 6.79 Å². The quantitative estimate of drug-likeness (QED) is 0.826. The average molecular weight is 321 g/mol. The molecular formula is C14H15N3O4S. The highest BCUT2D eigenvalue weighted by atomic mass is 32.1. The Morgan fingerprint density at radius 1 is 1.41 bits per heavy atom. The van der Waals surface area contributed by atoms with Gasteiger partial charge in [-0.25, -0.2) is 9.78 Å². The minimum absolute atomic E-state index is 0.240. The maximum Gasteiger partial charge on any atom is 0.321 e. The summed E-state index contributed by atoms with van der Waals surface area (Å²) in [7, 11) is 1.58. The number of nitrogens with zero attached hydrogens (tertiary/aromatic N) is 1. The second-order valence-corrected chi connectivity index (χ2v) is 5.34. The number of aromatic nitrogens is 1. The smallest absolute Gasteiger partial charge is 0.321 e. The van der Waals surface area contributed by atoms with E-state index < -0.39 is 0 Å². The summed E-state index contributed by atoms with van der Waals surface area (Å²) in [5, 5.41) is 7.77. The third-order valence-corrected chi connectivity index (χ3v) is 3.74. The highest BCUT2D eigenvalue weighted by Crippen LogP contribution is 2.36. The highest BCUT2D eigenvalue weighted by molar-refractivity contribution is 7.14. The van der Waals surface area contributed by atoms with E-state index in [0.717, 1.165) is 17.0 Å². The lowest BCUT2D eigenvalue weighted by atomic mass is 10.1. The van der Waals surface area contributed by atoms with E-state index >= 15 is 0 Å². The molecule has 0 saturated heterocycles. The summed E-state index contributed by atoms with van der Waals surface area (Å²) in [6, 6.07) is 5.33. The molecule has 7 nitrogen and oxygen atoms in total. The van der Waals surface area contributed by atoms with Crippen molar-refractivity contribution in [2.24, 2.45) is 0 Å². The molecule has 0 saturated carbocycles. The van der Waals surface area contributed by atoms with Crippen LogP contribution in [0.15, 0.2) is 23.6 Å². The summed E-state index contributed by atoms with van der Waals surface area (Å²) in [5.41, 5.74) is 1.68. The van der Waals surface area contributed by atoms with Crippen LogP contribution in [0.5, 0.6) is 11.5 Å². The van der Waals surface area contributed by atoms with Crippen LogP contribution >= 0.6 is 11.3 Å². The third kappa shape index (κ3) is 3.29. The third-order valence-electron chi connectivity index (χ3n) is 2.98. The predicted octanol–water partition coefficient (Wildman–Crippen LogP) is 2.31. The minimum atomic E-state index is -0.302. The zero-order valence-corrected chi connectivity index (χ0v) is 12.7. The topological polar surface area (TPSA) is 81.7 Å². The van der Waals surface area contributed by atoms with Crippen molar-refractivity contribution in [1.29, 1.82) is 0 Å². The van der Waals surface area contributed by atoms with E-state index in [-0.39, 0.29) is 12.8 Å². The van der Waals surface area contributed by atoms with Crippen LogP contribution in [0.2, 0.25) is 0 Å². The van der Waals surface area contributed by atoms with Crippen molar-refractivity contribution in [2.45, 2.75) is 0 Å². The molecule has 0 aliphatic carbocycles. The van der Waals surface area contributed by atoms with Gasteiger partial charge in [-0.05, 0) is 18.2 Å². The summed E-state index contributed by atoms with van der Waals surface area (Å²) in [5.74, 6) is 1.44. The number of anilines is 1. The molecule has 2 heterocycles. The van der Waals surface area contributed by atoms with Gasteiger partial charge in [-0.1, -0.05) is 0 Å². The molecule has 0 unspecified atom stereocenters. The van der Waals surface area contributed by atoms with E-state index in [1.54, 1.807) is 7.11 Å². The van der Waals surface area contributed by atoms with Crippen LogP contribution < -0.4 is 20.1 Å². The second kappa shape index (κ2) is 6.63. The van der Waals surface area contributed by atoms with E-state index in [0.29, 0.717) is 24.0 Å². The fourth-order valence-corrected chi connectivity index (χ4v) is 2.64. The van der Waals surface area contributed by atoms with E-state index in [9.17, 15) is 4.79 Å². The van der Waals surface area contributed by atoms with Crippen LogP contribution in [-0.2, 0) is 4.74 Å². The van der Waals surface area contributed by atoms with Gasteiger partial charge in [0.15, 0.2) is 16.6 Å². The van der Waals surface area contributed by atoms with Crippen molar-refractivity contribution in [3.63, 3.8) is 0 Å². The number of thiazole rings is 1. The van der Waals surface area contributed by atoms with E-state index in [2.05, 4.69) is 15.6 Å². The van der Waals surface area contributed by atoms with Crippen molar-refractivity contribution in [3.05, 3.63) is 23.6 Å². The summed E-state index contributed by atoms with van der Waals surface area (Å²) < 4.78 is 15.5. The molecule has 1 aliphatic heterocycles. The van der Waals surface area contributed by atoms with Gasteiger partial charge in [-0.15, -0.1) is 11.3 Å². The van der Waals surface area contributed by atoms with Crippen molar-refractivity contribution >= 4 is 22.5 Å². The highest BCUT2D eigenvalue weighted by Gasteiger charge is 2.15. The van der Waals surface area contributed by atoms with Gasteiger partial charge in [-0.3, -0.25) is 5.32 Å². The van der Waals surface area contributed by atoms with Crippen LogP contribution in [0.1, 0.15) is 0 Å². The van der Waals surface area contributed by atoms with Crippen molar-refractivity contribution in [2.75, 3.05) is 32.4 Å². The standard InChI is InChI=1S/C14H15N3O4S/c1-19-5-4-15-13(18)17-14-16-10(7-22-14)9-2-3-11-12(6-9)21-8-20-11/h2-3,6-7H,4-5,8H2,1H3,(H2,15,16,17,18). The molecule has 116 valence electrons. The maximum absolute atomic E-state index is 11.6. The summed E-state index contributed by atoms with van der Waals surface area (Å²) in [6.07, 6.45) is 0. The monoisotopic (exact) mass is 321 g/mol. The molecule has 2 amide bonds. The van der Waals surface area contributed by atoms with Gasteiger partial charge < -0.3 is 19.5 Å². The molecular weight excluding hydrogens is 306 g/mol. The largest absolute Gasteiger partial charge is 0.454 e. The summed E-state index contributed by atoms with van der Waals surface area (Å²) in [4.78, 5) is 16.0. The van der Waals surface area contributed by atoms with Crippen LogP contribution in [-0.4, -0.2) is 38.1 Å². The van der Waals surface area contributed by atoms with Crippen LogP contribution in [0, 0.1) is 0 Å². The Kier molecular flexibility index (Phi) is 4.40. The van der Waals surface area contributed by atoms with Gasteiger partial charge in [-0.2, -0.15) is 0 Å². The second-order valence-electron chi connectivity index (χ2n) is 4.48. The lowest BCUT2D eigenvalue weighted by Gasteiger charge is -2.04. The van der Waals surface area contributed by atoms with E-state index in [1.807, 2.05) is 23.6 Å². The van der Waals surface area contributed by atoms with Crippen molar-refractivity contribution in [3.8, 4) is 22.8 Å². The minimum Gasteiger partial charge on any atom is -0.454 e. The molecule has 1 aromatic carbocycles. The first kappa shape index (κ1) is 14.6. The number of hydrogen-bond donors (Lipinski definition) is 2. The van der Waals surface area contributed by atoms with Gasteiger partial charge in [0.1, 0.15) is 0 Å². The maximum atomic E-state index is 11.6. The number of urea groups is 1. The fraction of sp³-hybridized carbons (Fsp3) is 0.286. The van der Waals surface area contributed by atoms with Crippen LogP contribution in [0.3, 0.4) is 0 Å². The number of methoxy groups -OCH3 is 1. The first-order chi connectivity index (χ1) is 10.8. The molecule has 22 heavy (non-hydrogen) atoms. The van der Waals surface area contributed by atoms with Gasteiger partial charge in [0, 0.05) is 24.6 Å². The first-order valence-corrected chi connectivity index (χ1v) is 7.53. The van der Waals surface area contributed by atoms with Gasteiger partial charge in [0.05, 0.1) is 12.3 Å². The van der Waals surface area contributed by atoms with Crippen molar-refractivity contribution in [1.82, 2.24) is 10.3 Å². The van der Waals surface area contributed by atoms with E-state index in [1.165, 1.54) is 11.3 Å². The molecule has 3 rings (SSSR count). The Morgan fingerprint density at radius 3 is 3.14 bits per heavy atom. The molecule has 1 aliphatic rings. The molecule has 0 spiro atoms. The molecule has 0 bridgehead atoms. The lowest BCUT2D eigenvalue weighted by molar-refractivity contribution is 0.174. The number of amides is 2. The number of ether oxygens (including phenoxy) is 3. The normalized spacial score (nSPS) is 12.2. The number of benzene rings is 1. The Morgan fingerprint density at radius 2 is 2.27 bits per heavy atom. The SMILES string of the molecule is COCCNC(=O)Nc1nc(-c2ccc3c(c2)OCO3)cs1. The first-order valence-electron chi connectivity index (χ1n) is 6.65. The Hall–Kier alpha value is -2.32. The summed E-state index contributed by atoms with van der Waals surface area (Å²) >= 11 is 1.36. The lowest BCUT2D eigenvalue weighted by Crippen LogP contribution is -2.31. The average Bonchev–Trinajstić information content (AvgIpc) is 3.15. The molecule has 2 aromatic rings. The number of carbonyl (C=O) groups excluding carboxylic acids is 1. The fourth-order valence-electron chi connectivity index (χ4n) is 1.93. The molecule has 0 radical (unpaired) electrons. The molecule has 8 heteroatoms. The summed E-state index contributed by atoms with van der Waals surface area (Å²) in [6.45, 7) is 1.15. The van der Waals surface area contributed by atoms with E-state index in [4.69, 9.17) is 14.2 Å². The van der Waals surface area contributed by atoms with Gasteiger partial charge >= 0.3 is 6.03 Å². The van der Waals surface area contributed by atoms with Gasteiger partial charge in [0.25, 0.3) is 0 Å². The number of nitrogens with one attached hydrogen (secondary N) is 2. The molecule has 0 atom stereocenters. The van der Waals surface area contributed by atoms with Crippen LogP contribution in [0.25, 0.3) is 11.3 Å². The Bertz CT molecular complexity index is 674. The Balaban J connectivity index is 1.65. The number of fused-ring (bicyclic) bond motifs is 1. The molecule has 0 fully saturated rings. The number of hydrogen-bond acceptors (Lipinski definition) is 6.